The summed E-state index contributed by atoms with van der Waals surface area (Å²) in [5.41, 5.74) is 4.58. The average Bonchev–Trinajstić information content (AvgIpc) is 3.13. The van der Waals surface area contributed by atoms with E-state index in [9.17, 15) is 19.5 Å². The molecule has 3 unspecified atom stereocenters. The van der Waals surface area contributed by atoms with Crippen LogP contribution in [-0.4, -0.2) is 42.3 Å². The van der Waals surface area contributed by atoms with Gasteiger partial charge in [-0.1, -0.05) is 68.8 Å². The molecule has 2 aromatic rings. The number of benzene rings is 2. The van der Waals surface area contributed by atoms with Gasteiger partial charge in [-0.2, -0.15) is 0 Å². The highest BCUT2D eigenvalue weighted by Gasteiger charge is 2.30. The quantitative estimate of drug-likeness (QED) is 0.502. The second kappa shape index (κ2) is 11.0. The van der Waals surface area contributed by atoms with Gasteiger partial charge in [-0.25, -0.2) is 4.79 Å². The van der Waals surface area contributed by atoms with E-state index in [4.69, 9.17) is 4.74 Å². The average molecular weight is 453 g/mol. The Hall–Kier alpha value is -3.35. The van der Waals surface area contributed by atoms with Gasteiger partial charge in [-0.05, 0) is 35.6 Å². The van der Waals surface area contributed by atoms with E-state index < -0.39 is 29.9 Å². The lowest BCUT2D eigenvalue weighted by Crippen LogP contribution is -2.45. The number of hydrogen-bond acceptors (Lipinski definition) is 4. The second-order valence-electron chi connectivity index (χ2n) is 8.62. The number of fused-ring (bicyclic) bond motifs is 3. The molecule has 7 nitrogen and oxygen atoms in total. The molecular formula is C26H32N2O5. The van der Waals surface area contributed by atoms with Crippen molar-refractivity contribution in [2.24, 2.45) is 11.8 Å². The third-order valence-corrected chi connectivity index (χ3v) is 6.36. The summed E-state index contributed by atoms with van der Waals surface area (Å²) in [7, 11) is 0. The minimum absolute atomic E-state index is 0.0364. The molecule has 3 atom stereocenters. The van der Waals surface area contributed by atoms with Crippen LogP contribution in [0.1, 0.15) is 50.7 Å². The van der Waals surface area contributed by atoms with Crippen LogP contribution in [0, 0.1) is 11.8 Å². The number of carboxylic acid groups (broad SMARTS) is 1. The number of carbonyl (C=O) groups excluding carboxylic acids is 2. The minimum Gasteiger partial charge on any atom is -0.481 e. The summed E-state index contributed by atoms with van der Waals surface area (Å²) in [5.74, 6) is -2.41. The maximum Gasteiger partial charge on any atom is 0.407 e. The van der Waals surface area contributed by atoms with Gasteiger partial charge in [0.2, 0.25) is 5.91 Å². The molecule has 0 aromatic heterocycles. The van der Waals surface area contributed by atoms with Crippen molar-refractivity contribution in [3.05, 3.63) is 59.7 Å². The first-order valence-electron chi connectivity index (χ1n) is 11.5. The standard InChI is InChI=1S/C26H32N2O5/c1-4-9-18(25(30)31)14-27-24(29)16(2)17(3)28-26(32)33-15-23-21-12-7-5-10-19(21)20-11-6-8-13-22(20)23/h5-8,10-13,16-18,23H,4,9,14-15H2,1-3H3,(H,27,29)(H,28,32)(H,30,31). The molecule has 0 saturated carbocycles. The smallest absolute Gasteiger partial charge is 0.407 e. The molecule has 2 aromatic carbocycles. The molecule has 0 bridgehead atoms. The Kier molecular flexibility index (Phi) is 8.09. The molecule has 0 radical (unpaired) electrons. The van der Waals surface area contributed by atoms with Crippen molar-refractivity contribution in [1.29, 1.82) is 0 Å². The second-order valence-corrected chi connectivity index (χ2v) is 8.62. The number of alkyl carbamates (subject to hydrolysis) is 1. The lowest BCUT2D eigenvalue weighted by Gasteiger charge is -2.22. The van der Waals surface area contributed by atoms with E-state index in [1.54, 1.807) is 13.8 Å². The fourth-order valence-electron chi connectivity index (χ4n) is 4.22. The molecule has 2 amide bonds. The van der Waals surface area contributed by atoms with E-state index in [0.29, 0.717) is 6.42 Å². The molecule has 0 aliphatic heterocycles. The van der Waals surface area contributed by atoms with Gasteiger partial charge in [0.1, 0.15) is 6.61 Å². The van der Waals surface area contributed by atoms with Gasteiger partial charge in [0.25, 0.3) is 0 Å². The highest BCUT2D eigenvalue weighted by Crippen LogP contribution is 2.44. The molecule has 33 heavy (non-hydrogen) atoms. The van der Waals surface area contributed by atoms with E-state index in [-0.39, 0.29) is 25.0 Å². The van der Waals surface area contributed by atoms with E-state index >= 15 is 0 Å². The highest BCUT2D eigenvalue weighted by molar-refractivity contribution is 5.81. The summed E-state index contributed by atoms with van der Waals surface area (Å²) in [6.45, 7) is 5.60. The third-order valence-electron chi connectivity index (χ3n) is 6.36. The fraction of sp³-hybridized carbons (Fsp3) is 0.423. The van der Waals surface area contributed by atoms with Gasteiger partial charge in [0.05, 0.1) is 11.8 Å². The summed E-state index contributed by atoms with van der Waals surface area (Å²) < 4.78 is 5.54. The molecule has 0 heterocycles. The highest BCUT2D eigenvalue weighted by atomic mass is 16.5. The largest absolute Gasteiger partial charge is 0.481 e. The Bertz CT molecular complexity index is 960. The van der Waals surface area contributed by atoms with Crippen LogP contribution >= 0.6 is 0 Å². The van der Waals surface area contributed by atoms with E-state index in [2.05, 4.69) is 34.9 Å². The van der Waals surface area contributed by atoms with Crippen LogP contribution in [0.4, 0.5) is 4.79 Å². The zero-order valence-corrected chi connectivity index (χ0v) is 19.3. The lowest BCUT2D eigenvalue weighted by atomic mass is 9.98. The zero-order valence-electron chi connectivity index (χ0n) is 19.3. The molecule has 0 spiro atoms. The number of amides is 2. The summed E-state index contributed by atoms with van der Waals surface area (Å²) in [5, 5.41) is 14.7. The maximum absolute atomic E-state index is 12.5. The summed E-state index contributed by atoms with van der Waals surface area (Å²) in [6, 6.07) is 15.7. The molecule has 0 saturated heterocycles. The molecule has 176 valence electrons. The Morgan fingerprint density at radius 1 is 1.00 bits per heavy atom. The van der Waals surface area contributed by atoms with Crippen LogP contribution < -0.4 is 10.6 Å². The Morgan fingerprint density at radius 3 is 2.12 bits per heavy atom. The number of ether oxygens (including phenoxy) is 1. The first-order valence-corrected chi connectivity index (χ1v) is 11.5. The Labute approximate surface area is 194 Å². The number of carbonyl (C=O) groups is 3. The van der Waals surface area contributed by atoms with Crippen molar-refractivity contribution >= 4 is 18.0 Å². The van der Waals surface area contributed by atoms with Crippen molar-refractivity contribution in [2.75, 3.05) is 13.2 Å². The van der Waals surface area contributed by atoms with Crippen molar-refractivity contribution in [3.8, 4) is 11.1 Å². The number of aliphatic carboxylic acids is 1. The maximum atomic E-state index is 12.5. The van der Waals surface area contributed by atoms with Crippen molar-refractivity contribution < 1.29 is 24.2 Å². The van der Waals surface area contributed by atoms with Crippen molar-refractivity contribution in [3.63, 3.8) is 0 Å². The van der Waals surface area contributed by atoms with Crippen LogP contribution in [0.25, 0.3) is 11.1 Å². The molecule has 7 heteroatoms. The van der Waals surface area contributed by atoms with Gasteiger partial charge in [0.15, 0.2) is 0 Å². The fourth-order valence-corrected chi connectivity index (χ4v) is 4.22. The minimum atomic E-state index is -0.922. The normalized spacial score (nSPS) is 15.0. The topological polar surface area (TPSA) is 105 Å². The first kappa shape index (κ1) is 24.3. The van der Waals surface area contributed by atoms with Crippen LogP contribution in [0.2, 0.25) is 0 Å². The third kappa shape index (κ3) is 5.72. The first-order chi connectivity index (χ1) is 15.8. The summed E-state index contributed by atoms with van der Waals surface area (Å²) in [6.07, 6.45) is 0.637. The number of nitrogens with one attached hydrogen (secondary N) is 2. The molecule has 1 aliphatic carbocycles. The van der Waals surface area contributed by atoms with Gasteiger partial charge in [-0.15, -0.1) is 0 Å². The molecule has 0 fully saturated rings. The summed E-state index contributed by atoms with van der Waals surface area (Å²) in [4.78, 5) is 36.2. The van der Waals surface area contributed by atoms with Gasteiger partial charge < -0.3 is 20.5 Å². The number of rotatable bonds is 10. The van der Waals surface area contributed by atoms with Gasteiger partial charge in [-0.3, -0.25) is 9.59 Å². The van der Waals surface area contributed by atoms with E-state index in [0.717, 1.165) is 28.7 Å². The zero-order chi connectivity index (χ0) is 24.0. The molecule has 3 N–H and O–H groups in total. The van der Waals surface area contributed by atoms with Crippen LogP contribution in [0.15, 0.2) is 48.5 Å². The number of hydrogen-bond donors (Lipinski definition) is 3. The van der Waals surface area contributed by atoms with Crippen LogP contribution in [-0.2, 0) is 14.3 Å². The monoisotopic (exact) mass is 452 g/mol. The van der Waals surface area contributed by atoms with E-state index in [1.807, 2.05) is 31.2 Å². The molecule has 1 aliphatic rings. The van der Waals surface area contributed by atoms with Crippen LogP contribution in [0.3, 0.4) is 0 Å². The van der Waals surface area contributed by atoms with Gasteiger partial charge >= 0.3 is 12.1 Å². The summed E-state index contributed by atoms with van der Waals surface area (Å²) >= 11 is 0. The predicted molar refractivity (Wildman–Crippen MR) is 126 cm³/mol. The molecule has 3 rings (SSSR count). The van der Waals surface area contributed by atoms with Gasteiger partial charge in [0, 0.05) is 18.5 Å². The van der Waals surface area contributed by atoms with Crippen molar-refractivity contribution in [2.45, 2.75) is 45.6 Å². The Morgan fingerprint density at radius 2 is 1.58 bits per heavy atom. The lowest BCUT2D eigenvalue weighted by molar-refractivity contribution is -0.142. The molecular weight excluding hydrogens is 420 g/mol. The van der Waals surface area contributed by atoms with Crippen molar-refractivity contribution in [1.82, 2.24) is 10.6 Å². The van der Waals surface area contributed by atoms with Crippen LogP contribution in [0.5, 0.6) is 0 Å². The number of carboxylic acids is 1. The Balaban J connectivity index is 1.52. The SMILES string of the molecule is CCCC(CNC(=O)C(C)C(C)NC(=O)OCC1c2ccccc2-c2ccccc21)C(=O)O. The van der Waals surface area contributed by atoms with E-state index in [1.165, 1.54) is 0 Å². The predicted octanol–water partition coefficient (Wildman–Crippen LogP) is 4.17.